The molecule has 0 fully saturated rings. The quantitative estimate of drug-likeness (QED) is 0.802. The fraction of sp³-hybridized carbons (Fsp3) is 0.333. The molecule has 2 rings (SSSR count). The van der Waals surface area contributed by atoms with Gasteiger partial charge in [-0.15, -0.1) is 5.10 Å². The third kappa shape index (κ3) is 3.33. The zero-order valence-corrected chi connectivity index (χ0v) is 9.64. The number of nitrogens with one attached hydrogen (secondary N) is 1. The Balaban J connectivity index is 1.91. The number of ether oxygens (including phenoxy) is 1. The van der Waals surface area contributed by atoms with E-state index >= 15 is 0 Å². The van der Waals surface area contributed by atoms with E-state index < -0.39 is 13.0 Å². The highest BCUT2D eigenvalue weighted by Crippen LogP contribution is 2.18. The molecule has 0 aliphatic carbocycles. The van der Waals surface area contributed by atoms with Crippen LogP contribution in [-0.2, 0) is 4.74 Å². The summed E-state index contributed by atoms with van der Waals surface area (Å²) < 4.78 is 28.4. The molecule has 0 saturated carbocycles. The molecule has 1 N–H and O–H groups in total. The van der Waals surface area contributed by atoms with Crippen LogP contribution >= 0.6 is 0 Å². The molecular weight excluding hydrogens is 240 g/mol. The Labute approximate surface area is 103 Å². The number of alkyl halides is 2. The molecular formula is C12H13F2N3O. The number of hydrogen-bond acceptors (Lipinski definition) is 4. The van der Waals surface area contributed by atoms with Crippen LogP contribution in [-0.4, -0.2) is 36.4 Å². The summed E-state index contributed by atoms with van der Waals surface area (Å²) in [7, 11) is 0. The summed E-state index contributed by atoms with van der Waals surface area (Å²) in [5.41, 5.74) is 0. The predicted molar refractivity (Wildman–Crippen MR) is 64.9 cm³/mol. The molecule has 0 bridgehead atoms. The van der Waals surface area contributed by atoms with Gasteiger partial charge in [-0.1, -0.05) is 24.3 Å². The molecule has 0 spiro atoms. The Morgan fingerprint density at radius 2 is 2.11 bits per heavy atom. The van der Waals surface area contributed by atoms with Crippen LogP contribution in [0.15, 0.2) is 30.5 Å². The number of anilines is 1. The van der Waals surface area contributed by atoms with Gasteiger partial charge in [0.05, 0.1) is 12.8 Å². The first-order chi connectivity index (χ1) is 8.77. The Bertz CT molecular complexity index is 502. The Kier molecular flexibility index (Phi) is 4.35. The van der Waals surface area contributed by atoms with Crippen LogP contribution < -0.4 is 5.32 Å². The molecule has 18 heavy (non-hydrogen) atoms. The van der Waals surface area contributed by atoms with Crippen molar-refractivity contribution in [1.29, 1.82) is 0 Å². The number of nitrogens with zero attached hydrogens (tertiary/aromatic N) is 2. The van der Waals surface area contributed by atoms with E-state index in [0.717, 1.165) is 10.8 Å². The maximum atomic E-state index is 11.8. The molecule has 4 nitrogen and oxygen atoms in total. The lowest BCUT2D eigenvalue weighted by atomic mass is 10.2. The van der Waals surface area contributed by atoms with Crippen molar-refractivity contribution < 1.29 is 13.5 Å². The van der Waals surface area contributed by atoms with Crippen molar-refractivity contribution in [2.75, 3.05) is 25.1 Å². The summed E-state index contributed by atoms with van der Waals surface area (Å²) in [6.07, 6.45) is -0.754. The summed E-state index contributed by atoms with van der Waals surface area (Å²) in [5.74, 6) is 0.633. The minimum Gasteiger partial charge on any atom is -0.374 e. The third-order valence-electron chi connectivity index (χ3n) is 2.35. The highest BCUT2D eigenvalue weighted by atomic mass is 19.3. The van der Waals surface area contributed by atoms with Crippen LogP contribution in [0.3, 0.4) is 0 Å². The summed E-state index contributed by atoms with van der Waals surface area (Å²) in [4.78, 5) is 0. The lowest BCUT2D eigenvalue weighted by Gasteiger charge is -2.08. The first-order valence-corrected chi connectivity index (χ1v) is 5.57. The van der Waals surface area contributed by atoms with E-state index in [1.54, 1.807) is 6.20 Å². The molecule has 1 heterocycles. The van der Waals surface area contributed by atoms with Crippen LogP contribution in [0.25, 0.3) is 10.8 Å². The van der Waals surface area contributed by atoms with Crippen molar-refractivity contribution in [3.8, 4) is 0 Å². The maximum absolute atomic E-state index is 11.8. The van der Waals surface area contributed by atoms with E-state index in [1.165, 1.54) is 0 Å². The topological polar surface area (TPSA) is 47.0 Å². The Hall–Kier alpha value is -1.82. The van der Waals surface area contributed by atoms with Crippen molar-refractivity contribution in [2.45, 2.75) is 6.43 Å². The van der Waals surface area contributed by atoms with Crippen LogP contribution in [0, 0.1) is 0 Å². The average molecular weight is 253 g/mol. The van der Waals surface area contributed by atoms with Gasteiger partial charge in [0.2, 0.25) is 0 Å². The summed E-state index contributed by atoms with van der Waals surface area (Å²) in [5, 5.41) is 12.8. The number of aromatic nitrogens is 2. The molecule has 0 aliphatic heterocycles. The number of hydrogen-bond donors (Lipinski definition) is 1. The van der Waals surface area contributed by atoms with E-state index in [2.05, 4.69) is 15.5 Å². The zero-order valence-electron chi connectivity index (χ0n) is 9.64. The van der Waals surface area contributed by atoms with Crippen molar-refractivity contribution in [1.82, 2.24) is 10.2 Å². The van der Waals surface area contributed by atoms with Gasteiger partial charge in [0.15, 0.2) is 5.82 Å². The highest BCUT2D eigenvalue weighted by molar-refractivity contribution is 5.90. The van der Waals surface area contributed by atoms with Crippen molar-refractivity contribution in [3.63, 3.8) is 0 Å². The van der Waals surface area contributed by atoms with Gasteiger partial charge in [-0.05, 0) is 0 Å². The minimum absolute atomic E-state index is 0.204. The standard InChI is InChI=1S/C12H13F2N3O/c13-11(14)8-18-6-5-15-12-10-4-2-1-3-9(10)7-16-17-12/h1-4,7,11H,5-6,8H2,(H,15,17). The second-order valence-corrected chi connectivity index (χ2v) is 3.67. The van der Waals surface area contributed by atoms with E-state index in [9.17, 15) is 8.78 Å². The second-order valence-electron chi connectivity index (χ2n) is 3.67. The largest absolute Gasteiger partial charge is 0.374 e. The van der Waals surface area contributed by atoms with Gasteiger partial charge in [0.1, 0.15) is 6.61 Å². The van der Waals surface area contributed by atoms with E-state index in [1.807, 2.05) is 24.3 Å². The molecule has 0 unspecified atom stereocenters. The van der Waals surface area contributed by atoms with Gasteiger partial charge < -0.3 is 10.1 Å². The van der Waals surface area contributed by atoms with Crippen molar-refractivity contribution >= 4 is 16.6 Å². The Morgan fingerprint density at radius 1 is 1.28 bits per heavy atom. The summed E-state index contributed by atoms with van der Waals surface area (Å²) >= 11 is 0. The number of fused-ring (bicyclic) bond motifs is 1. The van der Waals surface area contributed by atoms with Gasteiger partial charge in [-0.2, -0.15) is 5.10 Å². The van der Waals surface area contributed by atoms with Gasteiger partial charge in [-0.25, -0.2) is 8.78 Å². The van der Waals surface area contributed by atoms with Gasteiger partial charge >= 0.3 is 0 Å². The summed E-state index contributed by atoms with van der Waals surface area (Å²) in [6, 6.07) is 7.68. The van der Waals surface area contributed by atoms with E-state index in [0.29, 0.717) is 12.4 Å². The van der Waals surface area contributed by atoms with Crippen LogP contribution in [0.1, 0.15) is 0 Å². The first-order valence-electron chi connectivity index (χ1n) is 5.57. The number of halogens is 2. The van der Waals surface area contributed by atoms with Gasteiger partial charge in [0.25, 0.3) is 6.43 Å². The molecule has 0 atom stereocenters. The van der Waals surface area contributed by atoms with Crippen LogP contribution in [0.4, 0.5) is 14.6 Å². The lowest BCUT2D eigenvalue weighted by Crippen LogP contribution is -2.14. The first kappa shape index (κ1) is 12.6. The average Bonchev–Trinajstić information content (AvgIpc) is 2.38. The molecule has 2 aromatic rings. The van der Waals surface area contributed by atoms with Crippen molar-refractivity contribution in [3.05, 3.63) is 30.5 Å². The second kappa shape index (κ2) is 6.20. The molecule has 1 aromatic heterocycles. The van der Waals surface area contributed by atoms with Gasteiger partial charge in [-0.3, -0.25) is 0 Å². The van der Waals surface area contributed by atoms with Gasteiger partial charge in [0, 0.05) is 17.3 Å². The van der Waals surface area contributed by atoms with E-state index in [-0.39, 0.29) is 6.61 Å². The van der Waals surface area contributed by atoms with Crippen LogP contribution in [0.5, 0.6) is 0 Å². The molecule has 1 aromatic carbocycles. The maximum Gasteiger partial charge on any atom is 0.261 e. The number of benzene rings is 1. The minimum atomic E-state index is -2.43. The lowest BCUT2D eigenvalue weighted by molar-refractivity contribution is 0.0215. The highest BCUT2D eigenvalue weighted by Gasteiger charge is 2.03. The zero-order chi connectivity index (χ0) is 12.8. The summed E-state index contributed by atoms with van der Waals surface area (Å²) in [6.45, 7) is 0.0769. The normalized spacial score (nSPS) is 11.1. The Morgan fingerprint density at radius 3 is 2.94 bits per heavy atom. The fourth-order valence-corrected chi connectivity index (χ4v) is 1.57. The molecule has 96 valence electrons. The van der Waals surface area contributed by atoms with E-state index in [4.69, 9.17) is 4.74 Å². The number of rotatable bonds is 6. The third-order valence-corrected chi connectivity index (χ3v) is 2.35. The SMILES string of the molecule is FC(F)COCCNc1nncc2ccccc12. The molecule has 0 saturated heterocycles. The van der Waals surface area contributed by atoms with Crippen molar-refractivity contribution in [2.24, 2.45) is 0 Å². The monoisotopic (exact) mass is 253 g/mol. The predicted octanol–water partition coefficient (Wildman–Crippen LogP) is 2.32. The molecule has 0 aliphatic rings. The molecule has 0 radical (unpaired) electrons. The fourth-order valence-electron chi connectivity index (χ4n) is 1.57. The van der Waals surface area contributed by atoms with Crippen LogP contribution in [0.2, 0.25) is 0 Å². The smallest absolute Gasteiger partial charge is 0.261 e. The molecule has 0 amide bonds. The molecule has 6 heteroatoms.